The van der Waals surface area contributed by atoms with Gasteiger partial charge in [0.15, 0.2) is 0 Å². The first-order chi connectivity index (χ1) is 8.63. The third-order valence-corrected chi connectivity index (χ3v) is 4.88. The van der Waals surface area contributed by atoms with Crippen LogP contribution in [0, 0.1) is 17.8 Å². The molecule has 0 heterocycles. The molecule has 0 aromatic carbocycles. The van der Waals surface area contributed by atoms with Gasteiger partial charge in [0, 0.05) is 13.2 Å². The van der Waals surface area contributed by atoms with Crippen molar-refractivity contribution >= 4 is 0 Å². The van der Waals surface area contributed by atoms with Crippen molar-refractivity contribution in [1.29, 1.82) is 0 Å². The smallest absolute Gasteiger partial charge is 0.0724 e. The summed E-state index contributed by atoms with van der Waals surface area (Å²) in [6.07, 6.45) is 6.81. The molecule has 2 heteroatoms. The highest BCUT2D eigenvalue weighted by molar-refractivity contribution is 4.88. The zero-order valence-electron chi connectivity index (χ0n) is 13.0. The summed E-state index contributed by atoms with van der Waals surface area (Å²) >= 11 is 0. The predicted octanol–water partition coefficient (Wildman–Crippen LogP) is 3.85. The standard InChI is InChI=1S/C16H33NO/c1-6-10-17-16(15(7-2)18-5)14-9-8-12(3)13(4)11-14/h12-17H,6-11H2,1-5H3. The summed E-state index contributed by atoms with van der Waals surface area (Å²) in [4.78, 5) is 0. The van der Waals surface area contributed by atoms with Crippen LogP contribution in [0.5, 0.6) is 0 Å². The second kappa shape index (κ2) is 8.16. The minimum Gasteiger partial charge on any atom is -0.380 e. The minimum atomic E-state index is 0.377. The first-order valence-electron chi connectivity index (χ1n) is 7.90. The largest absolute Gasteiger partial charge is 0.380 e. The second-order valence-electron chi connectivity index (χ2n) is 6.19. The number of ether oxygens (including phenoxy) is 1. The van der Waals surface area contributed by atoms with Crippen molar-refractivity contribution in [3.63, 3.8) is 0 Å². The molecule has 5 atom stereocenters. The molecule has 1 aliphatic rings. The average Bonchev–Trinajstić information content (AvgIpc) is 2.38. The van der Waals surface area contributed by atoms with Crippen LogP contribution in [0.2, 0.25) is 0 Å². The maximum Gasteiger partial charge on any atom is 0.0724 e. The van der Waals surface area contributed by atoms with Crippen LogP contribution in [-0.4, -0.2) is 25.8 Å². The van der Waals surface area contributed by atoms with Crippen LogP contribution in [-0.2, 0) is 4.74 Å². The summed E-state index contributed by atoms with van der Waals surface area (Å²) in [5.41, 5.74) is 0. The average molecular weight is 255 g/mol. The van der Waals surface area contributed by atoms with Crippen molar-refractivity contribution < 1.29 is 4.74 Å². The Morgan fingerprint density at radius 1 is 1.17 bits per heavy atom. The topological polar surface area (TPSA) is 21.3 Å². The van der Waals surface area contributed by atoms with Crippen LogP contribution < -0.4 is 5.32 Å². The van der Waals surface area contributed by atoms with E-state index in [1.165, 1.54) is 25.7 Å². The summed E-state index contributed by atoms with van der Waals surface area (Å²) < 4.78 is 5.71. The molecule has 5 unspecified atom stereocenters. The lowest BCUT2D eigenvalue weighted by Crippen LogP contribution is -2.48. The van der Waals surface area contributed by atoms with E-state index < -0.39 is 0 Å². The first kappa shape index (κ1) is 16.0. The van der Waals surface area contributed by atoms with E-state index in [4.69, 9.17) is 4.74 Å². The Morgan fingerprint density at radius 3 is 2.39 bits per heavy atom. The molecule has 1 rings (SSSR count). The monoisotopic (exact) mass is 255 g/mol. The fourth-order valence-corrected chi connectivity index (χ4v) is 3.40. The number of hydrogen-bond donors (Lipinski definition) is 1. The molecule has 0 saturated heterocycles. The van der Waals surface area contributed by atoms with E-state index in [0.717, 1.165) is 30.7 Å². The third-order valence-electron chi connectivity index (χ3n) is 4.88. The van der Waals surface area contributed by atoms with Crippen LogP contribution in [0.3, 0.4) is 0 Å². The molecule has 0 amide bonds. The molecular weight excluding hydrogens is 222 g/mol. The van der Waals surface area contributed by atoms with E-state index in [0.29, 0.717) is 12.1 Å². The van der Waals surface area contributed by atoms with Crippen molar-refractivity contribution in [2.24, 2.45) is 17.8 Å². The van der Waals surface area contributed by atoms with Gasteiger partial charge in [-0.25, -0.2) is 0 Å². The first-order valence-corrected chi connectivity index (χ1v) is 7.90. The minimum absolute atomic E-state index is 0.377. The highest BCUT2D eigenvalue weighted by Gasteiger charge is 2.33. The summed E-state index contributed by atoms with van der Waals surface area (Å²) in [6, 6.07) is 0.551. The summed E-state index contributed by atoms with van der Waals surface area (Å²) in [7, 11) is 1.86. The number of rotatable bonds is 7. The highest BCUT2D eigenvalue weighted by atomic mass is 16.5. The molecular formula is C16H33NO. The van der Waals surface area contributed by atoms with Gasteiger partial charge in [-0.15, -0.1) is 0 Å². The maximum absolute atomic E-state index is 5.71. The molecule has 2 nitrogen and oxygen atoms in total. The van der Waals surface area contributed by atoms with Gasteiger partial charge in [0.1, 0.15) is 0 Å². The molecule has 0 aromatic rings. The maximum atomic E-state index is 5.71. The third kappa shape index (κ3) is 4.24. The van der Waals surface area contributed by atoms with E-state index in [9.17, 15) is 0 Å². The van der Waals surface area contributed by atoms with Gasteiger partial charge < -0.3 is 10.1 Å². The van der Waals surface area contributed by atoms with Gasteiger partial charge in [-0.05, 0) is 50.0 Å². The lowest BCUT2D eigenvalue weighted by Gasteiger charge is -2.40. The van der Waals surface area contributed by atoms with Gasteiger partial charge in [0.2, 0.25) is 0 Å². The van der Waals surface area contributed by atoms with Crippen LogP contribution >= 0.6 is 0 Å². The van der Waals surface area contributed by atoms with E-state index >= 15 is 0 Å². The molecule has 1 fully saturated rings. The molecule has 1 saturated carbocycles. The second-order valence-corrected chi connectivity index (χ2v) is 6.19. The number of nitrogens with one attached hydrogen (secondary N) is 1. The number of hydrogen-bond acceptors (Lipinski definition) is 2. The van der Waals surface area contributed by atoms with Crippen molar-refractivity contribution in [1.82, 2.24) is 5.32 Å². The zero-order valence-corrected chi connectivity index (χ0v) is 13.0. The van der Waals surface area contributed by atoms with Crippen LogP contribution in [0.15, 0.2) is 0 Å². The summed E-state index contributed by atoms with van der Waals surface area (Å²) in [5.74, 6) is 2.56. The predicted molar refractivity (Wildman–Crippen MR) is 78.8 cm³/mol. The zero-order chi connectivity index (χ0) is 13.5. The molecule has 18 heavy (non-hydrogen) atoms. The SMILES string of the molecule is CCCNC(C1CCC(C)C(C)C1)C(CC)OC. The Labute approximate surface area is 114 Å². The van der Waals surface area contributed by atoms with Gasteiger partial charge in [-0.3, -0.25) is 0 Å². The quantitative estimate of drug-likeness (QED) is 0.746. The van der Waals surface area contributed by atoms with Gasteiger partial charge in [0.05, 0.1) is 6.10 Å². The van der Waals surface area contributed by atoms with E-state index in [1.807, 2.05) is 7.11 Å². The Bertz CT molecular complexity index is 215. The molecule has 1 N–H and O–H groups in total. The van der Waals surface area contributed by atoms with E-state index in [-0.39, 0.29) is 0 Å². The molecule has 0 bridgehead atoms. The summed E-state index contributed by atoms with van der Waals surface area (Å²) in [6.45, 7) is 10.4. The Kier molecular flexibility index (Phi) is 7.25. The van der Waals surface area contributed by atoms with Gasteiger partial charge >= 0.3 is 0 Å². The number of methoxy groups -OCH3 is 1. The van der Waals surface area contributed by atoms with Gasteiger partial charge in [-0.2, -0.15) is 0 Å². The molecule has 0 aromatic heterocycles. The van der Waals surface area contributed by atoms with Crippen molar-refractivity contribution in [3.05, 3.63) is 0 Å². The molecule has 0 spiro atoms. The van der Waals surface area contributed by atoms with Crippen LogP contribution in [0.4, 0.5) is 0 Å². The van der Waals surface area contributed by atoms with Crippen LogP contribution in [0.25, 0.3) is 0 Å². The van der Waals surface area contributed by atoms with Gasteiger partial charge in [0.25, 0.3) is 0 Å². The van der Waals surface area contributed by atoms with Crippen LogP contribution in [0.1, 0.15) is 59.8 Å². The summed E-state index contributed by atoms with van der Waals surface area (Å²) in [5, 5.41) is 3.75. The van der Waals surface area contributed by atoms with E-state index in [2.05, 4.69) is 33.0 Å². The fourth-order valence-electron chi connectivity index (χ4n) is 3.40. The fraction of sp³-hybridized carbons (Fsp3) is 1.00. The molecule has 0 aliphatic heterocycles. The molecule has 1 aliphatic carbocycles. The van der Waals surface area contributed by atoms with Crippen molar-refractivity contribution in [3.8, 4) is 0 Å². The normalized spacial score (nSPS) is 32.2. The highest BCUT2D eigenvalue weighted by Crippen LogP contribution is 2.36. The van der Waals surface area contributed by atoms with E-state index in [1.54, 1.807) is 0 Å². The Balaban J connectivity index is 2.63. The molecule has 108 valence electrons. The Morgan fingerprint density at radius 2 is 1.89 bits per heavy atom. The molecule has 0 radical (unpaired) electrons. The lowest BCUT2D eigenvalue weighted by molar-refractivity contribution is 0.0266. The Hall–Kier alpha value is -0.0800. The van der Waals surface area contributed by atoms with Crippen molar-refractivity contribution in [2.75, 3.05) is 13.7 Å². The van der Waals surface area contributed by atoms with Gasteiger partial charge in [-0.1, -0.05) is 34.1 Å². The van der Waals surface area contributed by atoms with Crippen molar-refractivity contribution in [2.45, 2.75) is 71.9 Å². The lowest BCUT2D eigenvalue weighted by atomic mass is 9.72.